The largest absolute Gasteiger partial charge is 0.469 e. The van der Waals surface area contributed by atoms with Crippen LogP contribution in [0.2, 0.25) is 0 Å². The summed E-state index contributed by atoms with van der Waals surface area (Å²) in [4.78, 5) is 13.6. The van der Waals surface area contributed by atoms with Crippen molar-refractivity contribution in [2.45, 2.75) is 19.4 Å². The van der Waals surface area contributed by atoms with E-state index in [0.29, 0.717) is 0 Å². The van der Waals surface area contributed by atoms with Crippen molar-refractivity contribution in [2.24, 2.45) is 5.92 Å². The van der Waals surface area contributed by atoms with Crippen LogP contribution in [0.1, 0.15) is 18.5 Å². The highest BCUT2D eigenvalue weighted by Gasteiger charge is 2.26. The van der Waals surface area contributed by atoms with Crippen molar-refractivity contribution < 1.29 is 9.53 Å². The van der Waals surface area contributed by atoms with Gasteiger partial charge in [0.25, 0.3) is 0 Å². The molecular formula is C10H16N4O2. The zero-order valence-electron chi connectivity index (χ0n) is 9.35. The number of aromatic amines is 1. The molecule has 1 saturated heterocycles. The molecule has 2 rings (SSSR count). The summed E-state index contributed by atoms with van der Waals surface area (Å²) >= 11 is 0. The van der Waals surface area contributed by atoms with Gasteiger partial charge in [-0.3, -0.25) is 9.69 Å². The van der Waals surface area contributed by atoms with E-state index in [1.165, 1.54) is 7.11 Å². The third kappa shape index (κ3) is 2.57. The van der Waals surface area contributed by atoms with Crippen molar-refractivity contribution >= 4 is 5.97 Å². The van der Waals surface area contributed by atoms with Crippen LogP contribution < -0.4 is 0 Å². The minimum absolute atomic E-state index is 0.00523. The number of nitrogens with one attached hydrogen (secondary N) is 1. The molecule has 2 heterocycles. The summed E-state index contributed by atoms with van der Waals surface area (Å²) in [5.41, 5.74) is 0.908. The molecule has 6 nitrogen and oxygen atoms in total. The van der Waals surface area contributed by atoms with Gasteiger partial charge in [-0.05, 0) is 19.4 Å². The van der Waals surface area contributed by atoms with Gasteiger partial charge in [-0.25, -0.2) is 0 Å². The number of esters is 1. The number of piperidine rings is 1. The maximum Gasteiger partial charge on any atom is 0.309 e. The van der Waals surface area contributed by atoms with E-state index in [0.717, 1.165) is 38.2 Å². The van der Waals surface area contributed by atoms with Crippen molar-refractivity contribution in [1.29, 1.82) is 0 Å². The molecule has 1 fully saturated rings. The summed E-state index contributed by atoms with van der Waals surface area (Å²) in [6.07, 6.45) is 3.65. The maximum absolute atomic E-state index is 11.4. The molecule has 0 aliphatic carbocycles. The molecule has 0 bridgehead atoms. The van der Waals surface area contributed by atoms with Gasteiger partial charge in [-0.1, -0.05) is 0 Å². The molecule has 1 aliphatic heterocycles. The average molecular weight is 224 g/mol. The molecular weight excluding hydrogens is 208 g/mol. The molecule has 0 amide bonds. The van der Waals surface area contributed by atoms with Gasteiger partial charge in [0.2, 0.25) is 0 Å². The van der Waals surface area contributed by atoms with E-state index in [2.05, 4.69) is 20.3 Å². The van der Waals surface area contributed by atoms with Crippen molar-refractivity contribution in [3.05, 3.63) is 11.9 Å². The quantitative estimate of drug-likeness (QED) is 0.742. The van der Waals surface area contributed by atoms with Crippen LogP contribution in [0, 0.1) is 5.92 Å². The molecule has 1 aromatic rings. The highest BCUT2D eigenvalue weighted by molar-refractivity contribution is 5.72. The van der Waals surface area contributed by atoms with E-state index in [1.807, 2.05) is 0 Å². The van der Waals surface area contributed by atoms with Gasteiger partial charge in [-0.15, -0.1) is 0 Å². The Labute approximate surface area is 94.0 Å². The van der Waals surface area contributed by atoms with E-state index in [-0.39, 0.29) is 11.9 Å². The predicted octanol–water partition coefficient (Wildman–Crippen LogP) is 0.190. The average Bonchev–Trinajstić information content (AvgIpc) is 2.81. The second-order valence-corrected chi connectivity index (χ2v) is 4.06. The van der Waals surface area contributed by atoms with Gasteiger partial charge in [0.1, 0.15) is 0 Å². The number of hydrogen-bond acceptors (Lipinski definition) is 5. The summed E-state index contributed by atoms with van der Waals surface area (Å²) in [6.45, 7) is 2.49. The Morgan fingerprint density at radius 2 is 2.62 bits per heavy atom. The number of ether oxygens (including phenoxy) is 1. The topological polar surface area (TPSA) is 71.1 Å². The highest BCUT2D eigenvalue weighted by atomic mass is 16.5. The van der Waals surface area contributed by atoms with E-state index < -0.39 is 0 Å². The van der Waals surface area contributed by atoms with Gasteiger partial charge in [-0.2, -0.15) is 15.4 Å². The monoisotopic (exact) mass is 224 g/mol. The lowest BCUT2D eigenvalue weighted by Crippen LogP contribution is -2.38. The van der Waals surface area contributed by atoms with Crippen LogP contribution in [-0.2, 0) is 16.1 Å². The van der Waals surface area contributed by atoms with Gasteiger partial charge in [0.15, 0.2) is 0 Å². The van der Waals surface area contributed by atoms with E-state index in [9.17, 15) is 4.79 Å². The lowest BCUT2D eigenvalue weighted by molar-refractivity contribution is -0.147. The number of carbonyl (C=O) groups is 1. The Bertz CT molecular complexity index is 339. The molecule has 0 radical (unpaired) electrons. The van der Waals surface area contributed by atoms with Gasteiger partial charge >= 0.3 is 5.97 Å². The Morgan fingerprint density at radius 3 is 3.31 bits per heavy atom. The predicted molar refractivity (Wildman–Crippen MR) is 56.4 cm³/mol. The van der Waals surface area contributed by atoms with E-state index >= 15 is 0 Å². The second kappa shape index (κ2) is 5.07. The van der Waals surface area contributed by atoms with E-state index in [1.54, 1.807) is 6.20 Å². The highest BCUT2D eigenvalue weighted by Crippen LogP contribution is 2.18. The van der Waals surface area contributed by atoms with Crippen molar-refractivity contribution in [3.63, 3.8) is 0 Å². The maximum atomic E-state index is 11.4. The minimum Gasteiger partial charge on any atom is -0.469 e. The van der Waals surface area contributed by atoms with Gasteiger partial charge in [0.05, 0.1) is 24.9 Å². The van der Waals surface area contributed by atoms with E-state index in [4.69, 9.17) is 4.74 Å². The fraction of sp³-hybridized carbons (Fsp3) is 0.700. The fourth-order valence-corrected chi connectivity index (χ4v) is 2.09. The lowest BCUT2D eigenvalue weighted by Gasteiger charge is -2.30. The molecule has 0 aromatic carbocycles. The SMILES string of the molecule is COC(=O)[C@H]1CCCN(Cc2cn[nH]n2)C1. The first kappa shape index (κ1) is 11.1. The molecule has 1 aromatic heterocycles. The Kier molecular flexibility index (Phi) is 3.51. The molecule has 88 valence electrons. The van der Waals surface area contributed by atoms with Crippen LogP contribution in [-0.4, -0.2) is 46.5 Å². The van der Waals surface area contributed by atoms with Crippen LogP contribution in [0.5, 0.6) is 0 Å². The smallest absolute Gasteiger partial charge is 0.309 e. The van der Waals surface area contributed by atoms with Crippen LogP contribution in [0.15, 0.2) is 6.20 Å². The summed E-state index contributed by atoms with van der Waals surface area (Å²) in [5, 5.41) is 10.4. The number of H-pyrrole nitrogens is 1. The third-order valence-corrected chi connectivity index (χ3v) is 2.89. The Morgan fingerprint density at radius 1 is 1.75 bits per heavy atom. The molecule has 1 aliphatic rings. The molecule has 1 atom stereocenters. The summed E-state index contributed by atoms with van der Waals surface area (Å²) < 4.78 is 4.77. The Hall–Kier alpha value is -1.43. The molecule has 0 unspecified atom stereocenters. The van der Waals surface area contributed by atoms with Gasteiger partial charge in [0, 0.05) is 13.1 Å². The van der Waals surface area contributed by atoms with Crippen LogP contribution in [0.25, 0.3) is 0 Å². The number of likely N-dealkylation sites (tertiary alicyclic amines) is 1. The van der Waals surface area contributed by atoms with Crippen molar-refractivity contribution in [1.82, 2.24) is 20.3 Å². The van der Waals surface area contributed by atoms with Crippen LogP contribution in [0.3, 0.4) is 0 Å². The lowest BCUT2D eigenvalue weighted by atomic mass is 9.98. The third-order valence-electron chi connectivity index (χ3n) is 2.89. The molecule has 6 heteroatoms. The second-order valence-electron chi connectivity index (χ2n) is 4.06. The number of carbonyl (C=O) groups excluding carboxylic acids is 1. The normalized spacial score (nSPS) is 21.9. The summed E-state index contributed by atoms with van der Waals surface area (Å²) in [5.74, 6) is -0.101. The van der Waals surface area contributed by atoms with Crippen molar-refractivity contribution in [3.8, 4) is 0 Å². The Balaban J connectivity index is 1.89. The zero-order valence-corrected chi connectivity index (χ0v) is 9.35. The first-order valence-electron chi connectivity index (χ1n) is 5.44. The molecule has 0 saturated carbocycles. The minimum atomic E-state index is -0.107. The van der Waals surface area contributed by atoms with Crippen LogP contribution in [0.4, 0.5) is 0 Å². The molecule has 16 heavy (non-hydrogen) atoms. The number of aromatic nitrogens is 3. The number of methoxy groups -OCH3 is 1. The molecule has 0 spiro atoms. The number of hydrogen-bond donors (Lipinski definition) is 1. The number of rotatable bonds is 3. The fourth-order valence-electron chi connectivity index (χ4n) is 2.09. The molecule has 1 N–H and O–H groups in total. The summed E-state index contributed by atoms with van der Waals surface area (Å²) in [6, 6.07) is 0. The zero-order chi connectivity index (χ0) is 11.4. The first-order valence-corrected chi connectivity index (χ1v) is 5.44. The van der Waals surface area contributed by atoms with Gasteiger partial charge < -0.3 is 4.74 Å². The summed E-state index contributed by atoms with van der Waals surface area (Å²) in [7, 11) is 1.44. The number of nitrogens with zero attached hydrogens (tertiary/aromatic N) is 3. The van der Waals surface area contributed by atoms with Crippen molar-refractivity contribution in [2.75, 3.05) is 20.2 Å². The standard InChI is InChI=1S/C10H16N4O2/c1-16-10(15)8-3-2-4-14(6-8)7-9-5-11-13-12-9/h5,8H,2-4,6-7H2,1H3,(H,11,12,13)/t8-/m0/s1. The first-order chi connectivity index (χ1) is 7.79. The van der Waals surface area contributed by atoms with Crippen LogP contribution >= 0.6 is 0 Å².